The Kier molecular flexibility index (Phi) is 7.26. The van der Waals surface area contributed by atoms with E-state index < -0.39 is 12.2 Å². The fourth-order valence-electron chi connectivity index (χ4n) is 4.16. The van der Waals surface area contributed by atoms with Crippen LogP contribution in [0.3, 0.4) is 0 Å². The van der Waals surface area contributed by atoms with E-state index >= 15 is 0 Å². The number of ether oxygens (including phenoxy) is 2. The lowest BCUT2D eigenvalue weighted by Crippen LogP contribution is -2.30. The van der Waals surface area contributed by atoms with Crippen LogP contribution in [0.1, 0.15) is 5.56 Å². The first-order chi connectivity index (χ1) is 16.0. The normalized spacial score (nSPS) is 18.4. The highest BCUT2D eigenvalue weighted by Gasteiger charge is 2.32. The molecule has 0 radical (unpaired) electrons. The van der Waals surface area contributed by atoms with Crippen molar-refractivity contribution < 1.29 is 19.4 Å². The molecular weight excluding hydrogens is 422 g/mol. The number of aromatic nitrogens is 1. The predicted molar refractivity (Wildman–Crippen MR) is 125 cm³/mol. The zero-order chi connectivity index (χ0) is 23.2. The summed E-state index contributed by atoms with van der Waals surface area (Å²) >= 11 is 0. The first-order valence-corrected chi connectivity index (χ1v) is 11.1. The van der Waals surface area contributed by atoms with Crippen LogP contribution in [0, 0.1) is 5.92 Å². The number of pyridine rings is 1. The summed E-state index contributed by atoms with van der Waals surface area (Å²) in [6, 6.07) is 18.6. The van der Waals surface area contributed by atoms with E-state index in [9.17, 15) is 14.7 Å². The molecule has 1 aliphatic rings. The Morgan fingerprint density at radius 1 is 1.09 bits per heavy atom. The summed E-state index contributed by atoms with van der Waals surface area (Å²) in [5, 5.41) is 14.1. The quantitative estimate of drug-likeness (QED) is 0.546. The van der Waals surface area contributed by atoms with Gasteiger partial charge in [-0.05, 0) is 29.1 Å². The first kappa shape index (κ1) is 22.8. The maximum atomic E-state index is 12.5. The van der Waals surface area contributed by atoms with Crippen LogP contribution in [0.15, 0.2) is 65.5 Å². The van der Waals surface area contributed by atoms with Gasteiger partial charge < -0.3 is 24.5 Å². The van der Waals surface area contributed by atoms with Gasteiger partial charge in [0.2, 0.25) is 0 Å². The van der Waals surface area contributed by atoms with Crippen LogP contribution in [-0.2, 0) is 17.8 Å². The maximum absolute atomic E-state index is 12.5. The van der Waals surface area contributed by atoms with Crippen molar-refractivity contribution in [1.29, 1.82) is 0 Å². The van der Waals surface area contributed by atoms with E-state index in [1.54, 1.807) is 17.7 Å². The van der Waals surface area contributed by atoms with Crippen molar-refractivity contribution in [2.24, 2.45) is 5.92 Å². The third kappa shape index (κ3) is 5.71. The molecule has 2 atom stereocenters. The largest absolute Gasteiger partial charge is 0.497 e. The summed E-state index contributed by atoms with van der Waals surface area (Å²) < 4.78 is 12.4. The zero-order valence-corrected chi connectivity index (χ0v) is 18.6. The molecule has 174 valence electrons. The molecule has 2 aromatic carbocycles. The summed E-state index contributed by atoms with van der Waals surface area (Å²) in [4.78, 5) is 26.6. The average Bonchev–Trinajstić information content (AvgIpc) is 3.20. The molecule has 0 bridgehead atoms. The molecule has 1 fully saturated rings. The number of hydrogen-bond donors (Lipinski definition) is 2. The third-order valence-electron chi connectivity index (χ3n) is 6.03. The van der Waals surface area contributed by atoms with Crippen molar-refractivity contribution in [2.75, 3.05) is 33.4 Å². The number of likely N-dealkylation sites (tertiary alicyclic amines) is 1. The molecule has 3 aromatic rings. The zero-order valence-electron chi connectivity index (χ0n) is 18.6. The fourth-order valence-corrected chi connectivity index (χ4v) is 4.16. The van der Waals surface area contributed by atoms with Gasteiger partial charge in [-0.3, -0.25) is 9.69 Å². The van der Waals surface area contributed by atoms with Gasteiger partial charge in [0.25, 0.3) is 5.56 Å². The molecule has 1 amide bonds. The maximum Gasteiger partial charge on any atom is 0.407 e. The molecule has 0 spiro atoms. The molecule has 1 aromatic heterocycles. The van der Waals surface area contributed by atoms with Crippen molar-refractivity contribution >= 4 is 17.0 Å². The number of aliphatic hydroxyl groups excluding tert-OH is 1. The number of nitrogens with one attached hydrogen (secondary N) is 1. The summed E-state index contributed by atoms with van der Waals surface area (Å²) in [5.74, 6) is 0.526. The number of hydrogen-bond acceptors (Lipinski definition) is 6. The topological polar surface area (TPSA) is 93.0 Å². The second-order valence-corrected chi connectivity index (χ2v) is 8.27. The van der Waals surface area contributed by atoms with Crippen LogP contribution in [0.2, 0.25) is 0 Å². The minimum absolute atomic E-state index is 0.0783. The number of carbonyl (C=O) groups is 1. The molecule has 2 heterocycles. The standard InChI is InChI=1S/C25H29N3O5/c1-32-21-9-7-19-8-10-24(30)28(22(19)13-21)12-11-27-15-20(23(29)16-27)17-33-25(31)26-14-18-5-3-2-4-6-18/h2-10,13,20,23,29H,11-12,14-17H2,1H3,(H,26,31)/t20-,23+/m0/s1. The lowest BCUT2D eigenvalue weighted by atomic mass is 10.1. The molecule has 0 aliphatic carbocycles. The van der Waals surface area contributed by atoms with E-state index in [1.165, 1.54) is 0 Å². The van der Waals surface area contributed by atoms with Crippen LogP contribution >= 0.6 is 0 Å². The van der Waals surface area contributed by atoms with E-state index in [1.807, 2.05) is 54.6 Å². The molecule has 8 heteroatoms. The summed E-state index contributed by atoms with van der Waals surface area (Å²) in [7, 11) is 1.60. The predicted octanol–water partition coefficient (Wildman–Crippen LogP) is 2.23. The molecular formula is C25H29N3O5. The van der Waals surface area contributed by atoms with Crippen molar-refractivity contribution in [1.82, 2.24) is 14.8 Å². The van der Waals surface area contributed by atoms with Crippen molar-refractivity contribution in [3.8, 4) is 5.75 Å². The average molecular weight is 452 g/mol. The Morgan fingerprint density at radius 2 is 1.88 bits per heavy atom. The van der Waals surface area contributed by atoms with E-state index in [-0.39, 0.29) is 18.1 Å². The van der Waals surface area contributed by atoms with E-state index in [0.29, 0.717) is 38.5 Å². The molecule has 0 saturated carbocycles. The number of rotatable bonds is 8. The Morgan fingerprint density at radius 3 is 2.67 bits per heavy atom. The molecule has 8 nitrogen and oxygen atoms in total. The van der Waals surface area contributed by atoms with Gasteiger partial charge >= 0.3 is 6.09 Å². The number of methoxy groups -OCH3 is 1. The lowest BCUT2D eigenvalue weighted by molar-refractivity contribution is 0.0803. The number of nitrogens with zero attached hydrogens (tertiary/aromatic N) is 2. The summed E-state index contributed by atoms with van der Waals surface area (Å²) in [6.45, 7) is 2.69. The second-order valence-electron chi connectivity index (χ2n) is 8.27. The van der Waals surface area contributed by atoms with Gasteiger partial charge in [-0.2, -0.15) is 0 Å². The summed E-state index contributed by atoms with van der Waals surface area (Å²) in [6.07, 6.45) is -1.09. The van der Waals surface area contributed by atoms with E-state index in [0.717, 1.165) is 16.5 Å². The van der Waals surface area contributed by atoms with E-state index in [4.69, 9.17) is 9.47 Å². The second kappa shape index (κ2) is 10.5. The highest BCUT2D eigenvalue weighted by molar-refractivity contribution is 5.80. The SMILES string of the molecule is COc1ccc2ccc(=O)n(CCN3C[C@@H](COC(=O)NCc4ccccc4)[C@H](O)C3)c2c1. The molecule has 1 saturated heterocycles. The molecule has 33 heavy (non-hydrogen) atoms. The smallest absolute Gasteiger partial charge is 0.407 e. The Balaban J connectivity index is 1.29. The highest BCUT2D eigenvalue weighted by atomic mass is 16.5. The first-order valence-electron chi connectivity index (χ1n) is 11.1. The Labute approximate surface area is 192 Å². The van der Waals surface area contributed by atoms with Crippen LogP contribution in [-0.4, -0.2) is 60.1 Å². The van der Waals surface area contributed by atoms with Gasteiger partial charge in [0.15, 0.2) is 0 Å². The highest BCUT2D eigenvalue weighted by Crippen LogP contribution is 2.21. The van der Waals surface area contributed by atoms with Gasteiger partial charge in [-0.15, -0.1) is 0 Å². The number of amides is 1. The van der Waals surface area contributed by atoms with Crippen molar-refractivity contribution in [2.45, 2.75) is 19.2 Å². The Hall–Kier alpha value is -3.36. The van der Waals surface area contributed by atoms with Gasteiger partial charge in [0.1, 0.15) is 5.75 Å². The van der Waals surface area contributed by atoms with Crippen LogP contribution in [0.5, 0.6) is 5.75 Å². The minimum atomic E-state index is -0.587. The van der Waals surface area contributed by atoms with Crippen molar-refractivity contribution in [3.63, 3.8) is 0 Å². The fraction of sp³-hybridized carbons (Fsp3) is 0.360. The van der Waals surface area contributed by atoms with Crippen LogP contribution in [0.4, 0.5) is 4.79 Å². The van der Waals surface area contributed by atoms with Gasteiger partial charge in [0, 0.05) is 50.8 Å². The molecule has 4 rings (SSSR count). The third-order valence-corrected chi connectivity index (χ3v) is 6.03. The van der Waals surface area contributed by atoms with Gasteiger partial charge in [-0.25, -0.2) is 4.79 Å². The number of fused-ring (bicyclic) bond motifs is 1. The van der Waals surface area contributed by atoms with Gasteiger partial charge in [0.05, 0.1) is 25.3 Å². The minimum Gasteiger partial charge on any atom is -0.497 e. The van der Waals surface area contributed by atoms with Crippen LogP contribution in [0.25, 0.3) is 10.9 Å². The summed E-state index contributed by atoms with van der Waals surface area (Å²) in [5.41, 5.74) is 1.73. The molecule has 0 unspecified atom stereocenters. The van der Waals surface area contributed by atoms with Gasteiger partial charge in [-0.1, -0.05) is 30.3 Å². The molecule has 2 N–H and O–H groups in total. The monoisotopic (exact) mass is 451 g/mol. The van der Waals surface area contributed by atoms with E-state index in [2.05, 4.69) is 10.2 Å². The number of β-amino-alcohol motifs (C(OH)–C–C–N with tert-alkyl or cyclic N) is 1. The molecule has 1 aliphatic heterocycles. The Bertz CT molecular complexity index is 1150. The van der Waals surface area contributed by atoms with Crippen molar-refractivity contribution in [3.05, 3.63) is 76.6 Å². The number of alkyl carbamates (subject to hydrolysis) is 1. The number of aliphatic hydroxyl groups is 1. The number of benzene rings is 2. The van der Waals surface area contributed by atoms with Crippen LogP contribution < -0.4 is 15.6 Å². The number of carbonyl (C=O) groups excluding carboxylic acids is 1. The lowest BCUT2D eigenvalue weighted by Gasteiger charge is -2.18.